The zero-order valence-corrected chi connectivity index (χ0v) is 18.2. The Kier molecular flexibility index (Phi) is 5.44. The van der Waals surface area contributed by atoms with Gasteiger partial charge >= 0.3 is 0 Å². The SMILES string of the molecule is CCN(Cc1cn2c(N3CCN(C)CC3)cccc2n1)[C@@H]1CCCc2cccnc21. The Morgan fingerprint density at radius 1 is 1.10 bits per heavy atom. The van der Waals surface area contributed by atoms with Crippen LogP contribution in [0.2, 0.25) is 0 Å². The first-order chi connectivity index (χ1) is 14.7. The van der Waals surface area contributed by atoms with E-state index in [1.54, 1.807) is 0 Å². The molecule has 4 heterocycles. The predicted molar refractivity (Wildman–Crippen MR) is 121 cm³/mol. The van der Waals surface area contributed by atoms with Gasteiger partial charge < -0.3 is 9.80 Å². The number of imidazole rings is 1. The van der Waals surface area contributed by atoms with Gasteiger partial charge in [-0.1, -0.05) is 19.1 Å². The summed E-state index contributed by atoms with van der Waals surface area (Å²) in [6.07, 6.45) is 7.75. The summed E-state index contributed by atoms with van der Waals surface area (Å²) >= 11 is 0. The summed E-state index contributed by atoms with van der Waals surface area (Å²) < 4.78 is 2.28. The van der Waals surface area contributed by atoms with E-state index < -0.39 is 0 Å². The molecule has 0 N–H and O–H groups in total. The molecule has 0 aromatic carbocycles. The van der Waals surface area contributed by atoms with Crippen molar-refractivity contribution in [2.45, 2.75) is 38.8 Å². The summed E-state index contributed by atoms with van der Waals surface area (Å²) in [5.74, 6) is 1.26. The topological polar surface area (TPSA) is 39.9 Å². The van der Waals surface area contributed by atoms with E-state index >= 15 is 0 Å². The van der Waals surface area contributed by atoms with Gasteiger partial charge in [0.05, 0.1) is 17.4 Å². The van der Waals surface area contributed by atoms with Gasteiger partial charge in [-0.25, -0.2) is 4.98 Å². The molecule has 1 saturated heterocycles. The fourth-order valence-corrected chi connectivity index (χ4v) is 5.01. The third-order valence-electron chi connectivity index (χ3n) is 6.73. The molecule has 1 fully saturated rings. The summed E-state index contributed by atoms with van der Waals surface area (Å²) in [5, 5.41) is 0. The Balaban J connectivity index is 1.41. The molecule has 6 nitrogen and oxygen atoms in total. The van der Waals surface area contributed by atoms with Crippen molar-refractivity contribution < 1.29 is 0 Å². The van der Waals surface area contributed by atoms with Crippen LogP contribution in [0.4, 0.5) is 5.82 Å². The smallest absolute Gasteiger partial charge is 0.138 e. The number of fused-ring (bicyclic) bond motifs is 2. The van der Waals surface area contributed by atoms with E-state index in [-0.39, 0.29) is 0 Å². The molecule has 0 saturated carbocycles. The Morgan fingerprint density at radius 2 is 1.97 bits per heavy atom. The van der Waals surface area contributed by atoms with Gasteiger partial charge in [-0.2, -0.15) is 0 Å². The Bertz CT molecular complexity index is 1000. The van der Waals surface area contributed by atoms with Gasteiger partial charge in [0.25, 0.3) is 0 Å². The largest absolute Gasteiger partial charge is 0.355 e. The van der Waals surface area contributed by atoms with Crippen LogP contribution >= 0.6 is 0 Å². The van der Waals surface area contributed by atoms with E-state index in [2.05, 4.69) is 69.6 Å². The maximum Gasteiger partial charge on any atom is 0.138 e. The van der Waals surface area contributed by atoms with Gasteiger partial charge in [-0.15, -0.1) is 0 Å². The molecule has 3 aromatic rings. The molecule has 1 atom stereocenters. The predicted octanol–water partition coefficient (Wildman–Crippen LogP) is 3.38. The second-order valence-electron chi connectivity index (χ2n) is 8.65. The molecule has 0 unspecified atom stereocenters. The average Bonchev–Trinajstić information content (AvgIpc) is 3.20. The van der Waals surface area contributed by atoms with Crippen molar-refractivity contribution >= 4 is 11.5 Å². The lowest BCUT2D eigenvalue weighted by atomic mass is 9.91. The molecule has 30 heavy (non-hydrogen) atoms. The number of nitrogens with zero attached hydrogens (tertiary/aromatic N) is 6. The maximum absolute atomic E-state index is 4.99. The summed E-state index contributed by atoms with van der Waals surface area (Å²) in [4.78, 5) is 17.2. The fraction of sp³-hybridized carbons (Fsp3) is 0.500. The van der Waals surface area contributed by atoms with Crippen LogP contribution < -0.4 is 4.90 Å². The van der Waals surface area contributed by atoms with Gasteiger partial charge in [0.2, 0.25) is 0 Å². The minimum Gasteiger partial charge on any atom is -0.355 e. The van der Waals surface area contributed by atoms with E-state index in [1.165, 1.54) is 29.9 Å². The first-order valence-electron chi connectivity index (χ1n) is 11.3. The lowest BCUT2D eigenvalue weighted by Crippen LogP contribution is -2.45. The molecule has 0 amide bonds. The number of hydrogen-bond donors (Lipinski definition) is 0. The van der Waals surface area contributed by atoms with Crippen LogP contribution in [0, 0.1) is 0 Å². The second kappa shape index (κ2) is 8.36. The number of aromatic nitrogens is 3. The number of pyridine rings is 2. The summed E-state index contributed by atoms with van der Waals surface area (Å²) in [6, 6.07) is 11.2. The van der Waals surface area contributed by atoms with E-state index in [4.69, 9.17) is 9.97 Å². The molecule has 2 aliphatic rings. The molecule has 5 rings (SSSR count). The highest BCUT2D eigenvalue weighted by atomic mass is 15.3. The molecule has 6 heteroatoms. The van der Waals surface area contributed by atoms with Crippen molar-refractivity contribution in [2.24, 2.45) is 0 Å². The van der Waals surface area contributed by atoms with Crippen molar-refractivity contribution in [2.75, 3.05) is 44.7 Å². The van der Waals surface area contributed by atoms with Gasteiger partial charge in [0.1, 0.15) is 11.5 Å². The molecule has 0 spiro atoms. The van der Waals surface area contributed by atoms with Gasteiger partial charge in [-0.3, -0.25) is 14.3 Å². The van der Waals surface area contributed by atoms with E-state index in [9.17, 15) is 0 Å². The Morgan fingerprint density at radius 3 is 2.80 bits per heavy atom. The van der Waals surface area contributed by atoms with Crippen molar-refractivity contribution in [1.29, 1.82) is 0 Å². The number of piperazine rings is 1. The van der Waals surface area contributed by atoms with Crippen LogP contribution in [0.15, 0.2) is 42.7 Å². The molecule has 1 aliphatic heterocycles. The van der Waals surface area contributed by atoms with E-state index in [0.29, 0.717) is 6.04 Å². The minimum atomic E-state index is 0.391. The Hall–Kier alpha value is -2.44. The van der Waals surface area contributed by atoms with Crippen molar-refractivity contribution in [3.63, 3.8) is 0 Å². The first-order valence-corrected chi connectivity index (χ1v) is 11.3. The van der Waals surface area contributed by atoms with Crippen molar-refractivity contribution in [3.8, 4) is 0 Å². The van der Waals surface area contributed by atoms with Crippen LogP contribution in [-0.4, -0.2) is 63.9 Å². The van der Waals surface area contributed by atoms with Crippen molar-refractivity contribution in [3.05, 3.63) is 59.7 Å². The summed E-state index contributed by atoms with van der Waals surface area (Å²) in [6.45, 7) is 8.46. The number of hydrogen-bond acceptors (Lipinski definition) is 5. The third kappa shape index (κ3) is 3.70. The standard InChI is InChI=1S/C24H32N6/c1-3-28(21-9-4-7-19-8-6-12-25-24(19)21)17-20-18-30-22(26-20)10-5-11-23(30)29-15-13-27(2)14-16-29/h5-6,8,10-12,18,21H,3-4,7,9,13-17H2,1-2H3/t21-/m1/s1. The zero-order valence-electron chi connectivity index (χ0n) is 18.2. The quantitative estimate of drug-likeness (QED) is 0.652. The van der Waals surface area contributed by atoms with Gasteiger partial charge in [-0.05, 0) is 56.6 Å². The average molecular weight is 405 g/mol. The summed E-state index contributed by atoms with van der Waals surface area (Å²) in [5.41, 5.74) is 4.87. The van der Waals surface area contributed by atoms with E-state index in [0.717, 1.165) is 57.0 Å². The lowest BCUT2D eigenvalue weighted by Gasteiger charge is -2.34. The number of anilines is 1. The molecular weight excluding hydrogens is 372 g/mol. The van der Waals surface area contributed by atoms with Gasteiger partial charge in [0.15, 0.2) is 0 Å². The molecule has 158 valence electrons. The molecular formula is C24H32N6. The zero-order chi connectivity index (χ0) is 20.5. The lowest BCUT2D eigenvalue weighted by molar-refractivity contribution is 0.173. The van der Waals surface area contributed by atoms with Crippen LogP contribution in [-0.2, 0) is 13.0 Å². The highest BCUT2D eigenvalue weighted by molar-refractivity contribution is 5.53. The van der Waals surface area contributed by atoms with Crippen LogP contribution in [0.1, 0.15) is 42.8 Å². The molecule has 1 aliphatic carbocycles. The van der Waals surface area contributed by atoms with Gasteiger partial charge in [0, 0.05) is 45.1 Å². The Labute approximate surface area is 179 Å². The monoisotopic (exact) mass is 404 g/mol. The normalized spacial score (nSPS) is 20.1. The maximum atomic E-state index is 4.99. The van der Waals surface area contributed by atoms with Crippen LogP contribution in [0.5, 0.6) is 0 Å². The summed E-state index contributed by atoms with van der Waals surface area (Å²) in [7, 11) is 2.20. The molecule has 0 radical (unpaired) electrons. The first kappa shape index (κ1) is 19.5. The number of aryl methyl sites for hydroxylation is 1. The second-order valence-corrected chi connectivity index (χ2v) is 8.65. The van der Waals surface area contributed by atoms with Crippen LogP contribution in [0.3, 0.4) is 0 Å². The highest BCUT2D eigenvalue weighted by Gasteiger charge is 2.27. The van der Waals surface area contributed by atoms with E-state index in [1.807, 2.05) is 6.20 Å². The molecule has 3 aromatic heterocycles. The number of likely N-dealkylation sites (N-methyl/N-ethyl adjacent to an activating group) is 1. The minimum absolute atomic E-state index is 0.391. The fourth-order valence-electron chi connectivity index (χ4n) is 5.01. The van der Waals surface area contributed by atoms with Crippen molar-refractivity contribution in [1.82, 2.24) is 24.2 Å². The highest BCUT2D eigenvalue weighted by Crippen LogP contribution is 2.33. The van der Waals surface area contributed by atoms with Crippen LogP contribution in [0.25, 0.3) is 5.65 Å². The third-order valence-corrected chi connectivity index (χ3v) is 6.73. The molecule has 0 bridgehead atoms. The number of rotatable bonds is 5.